The molecular weight excluding hydrogens is 330 g/mol. The highest BCUT2D eigenvalue weighted by Crippen LogP contribution is 2.17. The molecule has 0 N–H and O–H groups in total. The molecule has 6 heteroatoms. The quantitative estimate of drug-likeness (QED) is 0.533. The first-order valence-corrected chi connectivity index (χ1v) is 8.23. The van der Waals surface area contributed by atoms with Crippen LogP contribution in [-0.2, 0) is 6.54 Å². The SMILES string of the molecule is COc1ccc(C(=O)Cn2c(C)cc(=O)n3c4ccccc4nc23)cc1. The Bertz CT molecular complexity index is 1190. The number of carbonyl (C=O) groups excluding carboxylic acids is 1. The third-order valence-corrected chi connectivity index (χ3v) is 4.48. The van der Waals surface area contributed by atoms with E-state index in [0.29, 0.717) is 22.8 Å². The zero-order valence-electron chi connectivity index (χ0n) is 14.5. The number of methoxy groups -OCH3 is 1. The van der Waals surface area contributed by atoms with Gasteiger partial charge in [-0.3, -0.25) is 9.59 Å². The number of para-hydroxylation sites is 2. The van der Waals surface area contributed by atoms with Gasteiger partial charge in [0.1, 0.15) is 5.75 Å². The molecule has 0 aliphatic carbocycles. The summed E-state index contributed by atoms with van der Waals surface area (Å²) in [6, 6.07) is 15.9. The Balaban J connectivity index is 1.83. The molecular formula is C20H17N3O3. The van der Waals surface area contributed by atoms with Gasteiger partial charge in [0.25, 0.3) is 5.56 Å². The second kappa shape index (κ2) is 6.15. The summed E-state index contributed by atoms with van der Waals surface area (Å²) in [7, 11) is 1.58. The van der Waals surface area contributed by atoms with Crippen LogP contribution in [0.2, 0.25) is 0 Å². The van der Waals surface area contributed by atoms with E-state index in [4.69, 9.17) is 4.74 Å². The normalized spacial score (nSPS) is 11.2. The summed E-state index contributed by atoms with van der Waals surface area (Å²) in [5.41, 5.74) is 2.58. The predicted molar refractivity (Wildman–Crippen MR) is 99.0 cm³/mol. The molecule has 0 fully saturated rings. The number of rotatable bonds is 4. The van der Waals surface area contributed by atoms with Crippen molar-refractivity contribution >= 4 is 22.6 Å². The van der Waals surface area contributed by atoms with E-state index in [-0.39, 0.29) is 17.9 Å². The summed E-state index contributed by atoms with van der Waals surface area (Å²) in [5, 5.41) is 0. The van der Waals surface area contributed by atoms with E-state index in [1.807, 2.05) is 31.2 Å². The number of fused-ring (bicyclic) bond motifs is 3. The number of carbonyl (C=O) groups is 1. The lowest BCUT2D eigenvalue weighted by molar-refractivity contribution is 0.0972. The highest BCUT2D eigenvalue weighted by molar-refractivity contribution is 5.96. The van der Waals surface area contributed by atoms with Crippen molar-refractivity contribution in [2.45, 2.75) is 13.5 Å². The van der Waals surface area contributed by atoms with E-state index in [2.05, 4.69) is 4.98 Å². The predicted octanol–water partition coefficient (Wildman–Crippen LogP) is 2.85. The van der Waals surface area contributed by atoms with Crippen molar-refractivity contribution in [3.05, 3.63) is 76.2 Å². The Hall–Kier alpha value is -3.41. The second-order valence-electron chi connectivity index (χ2n) is 6.10. The van der Waals surface area contributed by atoms with Gasteiger partial charge in [-0.25, -0.2) is 9.38 Å². The molecule has 0 bridgehead atoms. The number of nitrogens with zero attached hydrogens (tertiary/aromatic N) is 3. The second-order valence-corrected chi connectivity index (χ2v) is 6.10. The van der Waals surface area contributed by atoms with Gasteiger partial charge in [-0.15, -0.1) is 0 Å². The molecule has 4 aromatic rings. The van der Waals surface area contributed by atoms with Crippen molar-refractivity contribution in [3.63, 3.8) is 0 Å². The van der Waals surface area contributed by atoms with Gasteiger partial charge in [-0.05, 0) is 43.3 Å². The molecule has 2 aromatic heterocycles. The van der Waals surface area contributed by atoms with E-state index in [1.165, 1.54) is 6.07 Å². The van der Waals surface area contributed by atoms with Crippen molar-refractivity contribution in [2.75, 3.05) is 7.11 Å². The number of hydrogen-bond donors (Lipinski definition) is 0. The van der Waals surface area contributed by atoms with Crippen LogP contribution in [0, 0.1) is 6.92 Å². The fourth-order valence-corrected chi connectivity index (χ4v) is 3.10. The zero-order chi connectivity index (χ0) is 18.3. The minimum Gasteiger partial charge on any atom is -0.497 e. The van der Waals surface area contributed by atoms with Crippen LogP contribution in [0.3, 0.4) is 0 Å². The van der Waals surface area contributed by atoms with Gasteiger partial charge in [0, 0.05) is 17.3 Å². The molecule has 4 rings (SSSR count). The number of ether oxygens (including phenoxy) is 1. The Kier molecular flexibility index (Phi) is 3.80. The fraction of sp³-hybridized carbons (Fsp3) is 0.150. The lowest BCUT2D eigenvalue weighted by atomic mass is 10.1. The van der Waals surface area contributed by atoms with E-state index < -0.39 is 0 Å². The third kappa shape index (κ3) is 2.56. The molecule has 0 radical (unpaired) electrons. The molecule has 0 atom stereocenters. The van der Waals surface area contributed by atoms with Crippen LogP contribution >= 0.6 is 0 Å². The first kappa shape index (κ1) is 16.1. The van der Waals surface area contributed by atoms with E-state index in [1.54, 1.807) is 40.3 Å². The maximum Gasteiger partial charge on any atom is 0.259 e. The molecule has 0 amide bonds. The van der Waals surface area contributed by atoms with E-state index in [0.717, 1.165) is 11.0 Å². The maximum absolute atomic E-state index is 12.7. The number of imidazole rings is 1. The largest absolute Gasteiger partial charge is 0.497 e. The minimum absolute atomic E-state index is 0.0617. The lowest BCUT2D eigenvalue weighted by Crippen LogP contribution is -2.22. The Morgan fingerprint density at radius 2 is 1.85 bits per heavy atom. The smallest absolute Gasteiger partial charge is 0.259 e. The summed E-state index contributed by atoms with van der Waals surface area (Å²) in [6.07, 6.45) is 0. The molecule has 6 nitrogen and oxygen atoms in total. The average Bonchev–Trinajstić information content (AvgIpc) is 3.05. The van der Waals surface area contributed by atoms with Crippen LogP contribution in [0.5, 0.6) is 5.75 Å². The number of ketones is 1. The van der Waals surface area contributed by atoms with Gasteiger partial charge < -0.3 is 9.30 Å². The molecule has 0 saturated heterocycles. The summed E-state index contributed by atoms with van der Waals surface area (Å²) >= 11 is 0. The number of benzene rings is 2. The maximum atomic E-state index is 12.7. The van der Waals surface area contributed by atoms with Gasteiger partial charge >= 0.3 is 0 Å². The molecule has 2 aromatic carbocycles. The molecule has 0 aliphatic heterocycles. The molecule has 0 unspecified atom stereocenters. The van der Waals surface area contributed by atoms with Gasteiger partial charge in [0.05, 0.1) is 24.7 Å². The average molecular weight is 347 g/mol. The number of Topliss-reactive ketones (excluding diaryl/α,β-unsaturated/α-hetero) is 1. The highest BCUT2D eigenvalue weighted by atomic mass is 16.5. The summed E-state index contributed by atoms with van der Waals surface area (Å²) < 4.78 is 8.44. The van der Waals surface area contributed by atoms with Crippen molar-refractivity contribution in [1.82, 2.24) is 14.0 Å². The Labute approximate surface area is 149 Å². The van der Waals surface area contributed by atoms with Crippen molar-refractivity contribution in [3.8, 4) is 5.75 Å². The fourth-order valence-electron chi connectivity index (χ4n) is 3.10. The zero-order valence-corrected chi connectivity index (χ0v) is 14.5. The summed E-state index contributed by atoms with van der Waals surface area (Å²) in [5.74, 6) is 1.11. The van der Waals surface area contributed by atoms with Crippen molar-refractivity contribution in [2.24, 2.45) is 0 Å². The Morgan fingerprint density at radius 1 is 1.12 bits per heavy atom. The lowest BCUT2D eigenvalue weighted by Gasteiger charge is -2.11. The number of hydrogen-bond acceptors (Lipinski definition) is 4. The monoisotopic (exact) mass is 347 g/mol. The third-order valence-electron chi connectivity index (χ3n) is 4.48. The van der Waals surface area contributed by atoms with Crippen LogP contribution in [0.15, 0.2) is 59.4 Å². The molecule has 2 heterocycles. The molecule has 0 saturated carbocycles. The minimum atomic E-state index is -0.153. The van der Waals surface area contributed by atoms with Gasteiger partial charge in [0.2, 0.25) is 5.78 Å². The first-order chi connectivity index (χ1) is 12.6. The molecule has 0 spiro atoms. The highest BCUT2D eigenvalue weighted by Gasteiger charge is 2.15. The van der Waals surface area contributed by atoms with Gasteiger partial charge in [-0.2, -0.15) is 0 Å². The number of aromatic nitrogens is 3. The van der Waals surface area contributed by atoms with Crippen LogP contribution < -0.4 is 10.3 Å². The number of aryl methyl sites for hydroxylation is 1. The summed E-state index contributed by atoms with van der Waals surface area (Å²) in [6.45, 7) is 1.91. The molecule has 130 valence electrons. The van der Waals surface area contributed by atoms with Crippen LogP contribution in [-0.4, -0.2) is 26.8 Å². The topological polar surface area (TPSA) is 65.6 Å². The van der Waals surface area contributed by atoms with Gasteiger partial charge in [-0.1, -0.05) is 12.1 Å². The van der Waals surface area contributed by atoms with Crippen LogP contribution in [0.4, 0.5) is 0 Å². The van der Waals surface area contributed by atoms with E-state index >= 15 is 0 Å². The molecule has 26 heavy (non-hydrogen) atoms. The summed E-state index contributed by atoms with van der Waals surface area (Å²) in [4.78, 5) is 29.8. The van der Waals surface area contributed by atoms with Crippen molar-refractivity contribution in [1.29, 1.82) is 0 Å². The van der Waals surface area contributed by atoms with Crippen LogP contribution in [0.1, 0.15) is 16.1 Å². The standard InChI is InChI=1S/C20H17N3O3/c1-13-11-19(25)23-17-6-4-3-5-16(17)21-20(23)22(13)12-18(24)14-7-9-15(26-2)10-8-14/h3-11H,12H2,1-2H3. The Morgan fingerprint density at radius 3 is 2.58 bits per heavy atom. The molecule has 0 aliphatic rings. The van der Waals surface area contributed by atoms with Crippen molar-refractivity contribution < 1.29 is 9.53 Å². The van der Waals surface area contributed by atoms with Gasteiger partial charge in [0.15, 0.2) is 5.78 Å². The van der Waals surface area contributed by atoms with E-state index in [9.17, 15) is 9.59 Å². The van der Waals surface area contributed by atoms with Crippen LogP contribution in [0.25, 0.3) is 16.8 Å². The first-order valence-electron chi connectivity index (χ1n) is 8.23.